The number of ether oxygens (including phenoxy) is 1. The molecule has 1 amide bonds. The highest BCUT2D eigenvalue weighted by Gasteiger charge is 2.13. The molecule has 0 fully saturated rings. The second kappa shape index (κ2) is 6.86. The SMILES string of the molecule is CNC(=O)CCCOC(=O)c1cccc(N)c1Cl. The minimum atomic E-state index is -0.538. The van der Waals surface area contributed by atoms with Gasteiger partial charge in [-0.1, -0.05) is 17.7 Å². The van der Waals surface area contributed by atoms with Crippen LogP contribution in [0.5, 0.6) is 0 Å². The van der Waals surface area contributed by atoms with Crippen molar-refractivity contribution in [3.8, 4) is 0 Å². The van der Waals surface area contributed by atoms with Gasteiger partial charge in [-0.25, -0.2) is 4.79 Å². The van der Waals surface area contributed by atoms with Crippen LogP contribution >= 0.6 is 11.6 Å². The lowest BCUT2D eigenvalue weighted by Crippen LogP contribution is -2.18. The van der Waals surface area contributed by atoms with Crippen LogP contribution in [0.3, 0.4) is 0 Å². The molecule has 0 saturated heterocycles. The summed E-state index contributed by atoms with van der Waals surface area (Å²) < 4.78 is 5.00. The third-order valence-electron chi connectivity index (χ3n) is 2.31. The van der Waals surface area contributed by atoms with Gasteiger partial charge in [0.05, 0.1) is 22.9 Å². The molecule has 5 nitrogen and oxygen atoms in total. The molecule has 0 aliphatic heterocycles. The molecule has 6 heteroatoms. The van der Waals surface area contributed by atoms with Gasteiger partial charge >= 0.3 is 5.97 Å². The Balaban J connectivity index is 2.46. The predicted molar refractivity (Wildman–Crippen MR) is 69.4 cm³/mol. The summed E-state index contributed by atoms with van der Waals surface area (Å²) in [5.74, 6) is -0.628. The van der Waals surface area contributed by atoms with Gasteiger partial charge in [-0.05, 0) is 18.6 Å². The standard InChI is InChI=1S/C12H15ClN2O3/c1-15-10(16)6-3-7-18-12(17)8-4-2-5-9(14)11(8)13/h2,4-5H,3,6-7,14H2,1H3,(H,15,16). The molecule has 1 aromatic rings. The summed E-state index contributed by atoms with van der Waals surface area (Å²) in [6.45, 7) is 0.164. The number of hydrogen-bond donors (Lipinski definition) is 2. The fraction of sp³-hybridized carbons (Fsp3) is 0.333. The maximum Gasteiger partial charge on any atom is 0.339 e. The van der Waals surface area contributed by atoms with E-state index in [9.17, 15) is 9.59 Å². The molecule has 98 valence electrons. The molecule has 0 spiro atoms. The predicted octanol–water partition coefficient (Wildman–Crippen LogP) is 1.61. The van der Waals surface area contributed by atoms with E-state index in [-0.39, 0.29) is 23.1 Å². The van der Waals surface area contributed by atoms with E-state index >= 15 is 0 Å². The van der Waals surface area contributed by atoms with Gasteiger partial charge in [0.15, 0.2) is 0 Å². The third-order valence-corrected chi connectivity index (χ3v) is 2.73. The van der Waals surface area contributed by atoms with Crippen LogP contribution in [0.2, 0.25) is 5.02 Å². The van der Waals surface area contributed by atoms with Crippen molar-refractivity contribution in [2.75, 3.05) is 19.4 Å². The summed E-state index contributed by atoms with van der Waals surface area (Å²) >= 11 is 5.88. The summed E-state index contributed by atoms with van der Waals surface area (Å²) in [5.41, 5.74) is 6.14. The van der Waals surface area contributed by atoms with E-state index in [1.54, 1.807) is 25.2 Å². The van der Waals surface area contributed by atoms with E-state index in [0.717, 1.165) is 0 Å². The number of nitrogens with two attached hydrogens (primary N) is 1. The lowest BCUT2D eigenvalue weighted by atomic mass is 10.2. The first-order valence-corrected chi connectivity index (χ1v) is 5.85. The van der Waals surface area contributed by atoms with Crippen LogP contribution in [-0.4, -0.2) is 25.5 Å². The van der Waals surface area contributed by atoms with Crippen LogP contribution in [0.15, 0.2) is 18.2 Å². The highest BCUT2D eigenvalue weighted by atomic mass is 35.5. The molecule has 0 atom stereocenters. The number of hydrogen-bond acceptors (Lipinski definition) is 4. The van der Waals surface area contributed by atoms with Crippen molar-refractivity contribution >= 4 is 29.2 Å². The Labute approximate surface area is 110 Å². The number of carbonyl (C=O) groups is 2. The number of carbonyl (C=O) groups excluding carboxylic acids is 2. The zero-order valence-corrected chi connectivity index (χ0v) is 10.8. The Hall–Kier alpha value is -1.75. The first kappa shape index (κ1) is 14.3. The molecule has 0 heterocycles. The third kappa shape index (κ3) is 3.92. The largest absolute Gasteiger partial charge is 0.462 e. The zero-order chi connectivity index (χ0) is 13.5. The number of nitrogens with one attached hydrogen (secondary N) is 1. The number of halogens is 1. The van der Waals surface area contributed by atoms with Gasteiger partial charge in [0.2, 0.25) is 5.91 Å². The van der Waals surface area contributed by atoms with E-state index in [0.29, 0.717) is 18.5 Å². The van der Waals surface area contributed by atoms with E-state index in [1.165, 1.54) is 0 Å². The Morgan fingerprint density at radius 2 is 2.17 bits per heavy atom. The number of esters is 1. The van der Waals surface area contributed by atoms with Crippen LogP contribution in [0, 0.1) is 0 Å². The topological polar surface area (TPSA) is 81.4 Å². The van der Waals surface area contributed by atoms with Gasteiger partial charge in [-0.2, -0.15) is 0 Å². The summed E-state index contributed by atoms with van der Waals surface area (Å²) in [5, 5.41) is 2.67. The Morgan fingerprint density at radius 1 is 1.44 bits per heavy atom. The van der Waals surface area contributed by atoms with Crippen LogP contribution in [0.4, 0.5) is 5.69 Å². The average molecular weight is 271 g/mol. The molecule has 0 radical (unpaired) electrons. The van der Waals surface area contributed by atoms with Crippen molar-refractivity contribution in [3.63, 3.8) is 0 Å². The summed E-state index contributed by atoms with van der Waals surface area (Å²) in [7, 11) is 1.56. The number of nitrogen functional groups attached to an aromatic ring is 1. The fourth-order valence-electron chi connectivity index (χ4n) is 1.31. The number of anilines is 1. The summed E-state index contributed by atoms with van der Waals surface area (Å²) in [6.07, 6.45) is 0.778. The Morgan fingerprint density at radius 3 is 2.83 bits per heavy atom. The van der Waals surface area contributed by atoms with Gasteiger partial charge in [-0.3, -0.25) is 4.79 Å². The minimum Gasteiger partial charge on any atom is -0.462 e. The van der Waals surface area contributed by atoms with Crippen LogP contribution in [-0.2, 0) is 9.53 Å². The molecule has 0 saturated carbocycles. The molecule has 18 heavy (non-hydrogen) atoms. The normalized spacial score (nSPS) is 9.89. The quantitative estimate of drug-likeness (QED) is 0.484. The monoisotopic (exact) mass is 270 g/mol. The molecule has 1 aromatic carbocycles. The van der Waals surface area contributed by atoms with Gasteiger partial charge in [0, 0.05) is 13.5 Å². The molecule has 0 aliphatic carbocycles. The number of benzene rings is 1. The molecule has 0 aliphatic rings. The molecule has 0 unspecified atom stereocenters. The van der Waals surface area contributed by atoms with Crippen LogP contribution in [0.1, 0.15) is 23.2 Å². The maximum atomic E-state index is 11.7. The lowest BCUT2D eigenvalue weighted by molar-refractivity contribution is -0.120. The maximum absolute atomic E-state index is 11.7. The van der Waals surface area contributed by atoms with Crippen molar-refractivity contribution < 1.29 is 14.3 Å². The summed E-state index contributed by atoms with van der Waals surface area (Å²) in [4.78, 5) is 22.6. The summed E-state index contributed by atoms with van der Waals surface area (Å²) in [6, 6.07) is 4.77. The van der Waals surface area contributed by atoms with E-state index in [2.05, 4.69) is 5.32 Å². The Bertz CT molecular complexity index is 449. The molecular weight excluding hydrogens is 256 g/mol. The fourth-order valence-corrected chi connectivity index (χ4v) is 1.51. The minimum absolute atomic E-state index is 0.0898. The second-order valence-electron chi connectivity index (χ2n) is 3.62. The highest BCUT2D eigenvalue weighted by Crippen LogP contribution is 2.23. The van der Waals surface area contributed by atoms with Crippen LogP contribution < -0.4 is 11.1 Å². The smallest absolute Gasteiger partial charge is 0.339 e. The van der Waals surface area contributed by atoms with E-state index in [1.807, 2.05) is 0 Å². The first-order valence-electron chi connectivity index (χ1n) is 5.48. The molecular formula is C12H15ClN2O3. The van der Waals surface area contributed by atoms with Gasteiger partial charge < -0.3 is 15.8 Å². The van der Waals surface area contributed by atoms with Gasteiger partial charge in [-0.15, -0.1) is 0 Å². The molecule has 0 bridgehead atoms. The van der Waals surface area contributed by atoms with Crippen molar-refractivity contribution in [2.24, 2.45) is 0 Å². The Kier molecular flexibility index (Phi) is 5.45. The van der Waals surface area contributed by atoms with Crippen molar-refractivity contribution in [1.29, 1.82) is 0 Å². The highest BCUT2D eigenvalue weighted by molar-refractivity contribution is 6.36. The van der Waals surface area contributed by atoms with Crippen LogP contribution in [0.25, 0.3) is 0 Å². The number of rotatable bonds is 5. The number of amides is 1. The van der Waals surface area contributed by atoms with Gasteiger partial charge in [0.25, 0.3) is 0 Å². The lowest BCUT2D eigenvalue weighted by Gasteiger charge is -2.07. The van der Waals surface area contributed by atoms with Gasteiger partial charge in [0.1, 0.15) is 0 Å². The average Bonchev–Trinajstić information content (AvgIpc) is 2.37. The van der Waals surface area contributed by atoms with E-state index < -0.39 is 5.97 Å². The second-order valence-corrected chi connectivity index (χ2v) is 4.00. The molecule has 1 rings (SSSR count). The first-order chi connectivity index (χ1) is 8.56. The van der Waals surface area contributed by atoms with Crippen molar-refractivity contribution in [2.45, 2.75) is 12.8 Å². The molecule has 3 N–H and O–H groups in total. The zero-order valence-electron chi connectivity index (χ0n) is 10.0. The van der Waals surface area contributed by atoms with Crippen molar-refractivity contribution in [1.82, 2.24) is 5.32 Å². The van der Waals surface area contributed by atoms with Crippen molar-refractivity contribution in [3.05, 3.63) is 28.8 Å². The molecule has 0 aromatic heterocycles. The van der Waals surface area contributed by atoms with E-state index in [4.69, 9.17) is 22.1 Å².